The van der Waals surface area contributed by atoms with E-state index in [4.69, 9.17) is 4.74 Å². The highest BCUT2D eigenvalue weighted by atomic mass is 19.1. The van der Waals surface area contributed by atoms with Crippen LogP contribution in [0.25, 0.3) is 11.4 Å². The maximum atomic E-state index is 14.5. The van der Waals surface area contributed by atoms with Crippen LogP contribution in [-0.4, -0.2) is 33.4 Å². The van der Waals surface area contributed by atoms with Gasteiger partial charge in [-0.3, -0.25) is 4.68 Å². The minimum atomic E-state index is -0.534. The van der Waals surface area contributed by atoms with Crippen LogP contribution in [0.4, 0.5) is 10.1 Å². The van der Waals surface area contributed by atoms with E-state index in [1.807, 2.05) is 20.8 Å². The molecule has 23 heavy (non-hydrogen) atoms. The third-order valence-corrected chi connectivity index (χ3v) is 3.16. The van der Waals surface area contributed by atoms with Crippen LogP contribution >= 0.6 is 0 Å². The molecule has 0 aliphatic rings. The SMILES string of the molecule is CCOC(=O)c1cnn(CC)c1-c1ncc(NC(C)C)cc1F. The molecule has 0 unspecified atom stereocenters. The van der Waals surface area contributed by atoms with Gasteiger partial charge in [-0.1, -0.05) is 0 Å². The summed E-state index contributed by atoms with van der Waals surface area (Å²) >= 11 is 0. The van der Waals surface area contributed by atoms with Crippen molar-refractivity contribution in [3.8, 4) is 11.4 Å². The molecule has 0 saturated carbocycles. The summed E-state index contributed by atoms with van der Waals surface area (Å²) < 4.78 is 21.1. The number of rotatable bonds is 6. The number of ether oxygens (including phenoxy) is 1. The van der Waals surface area contributed by atoms with Gasteiger partial charge in [-0.25, -0.2) is 14.2 Å². The summed E-state index contributed by atoms with van der Waals surface area (Å²) in [5.74, 6) is -1.05. The molecule has 1 N–H and O–H groups in total. The van der Waals surface area contributed by atoms with E-state index in [-0.39, 0.29) is 23.9 Å². The monoisotopic (exact) mass is 320 g/mol. The number of carbonyl (C=O) groups is 1. The Hall–Kier alpha value is -2.44. The number of halogens is 1. The lowest BCUT2D eigenvalue weighted by atomic mass is 10.1. The van der Waals surface area contributed by atoms with E-state index in [2.05, 4.69) is 15.4 Å². The largest absolute Gasteiger partial charge is 0.462 e. The Morgan fingerprint density at radius 3 is 2.70 bits per heavy atom. The number of nitrogens with one attached hydrogen (secondary N) is 1. The second-order valence-electron chi connectivity index (χ2n) is 5.30. The lowest BCUT2D eigenvalue weighted by molar-refractivity contribution is 0.0527. The van der Waals surface area contributed by atoms with E-state index in [9.17, 15) is 9.18 Å². The first-order valence-electron chi connectivity index (χ1n) is 7.63. The van der Waals surface area contributed by atoms with E-state index >= 15 is 0 Å². The molecular weight excluding hydrogens is 299 g/mol. The molecule has 0 amide bonds. The number of nitrogens with zero attached hydrogens (tertiary/aromatic N) is 3. The van der Waals surface area contributed by atoms with Crippen molar-refractivity contribution in [1.82, 2.24) is 14.8 Å². The third kappa shape index (κ3) is 3.67. The third-order valence-electron chi connectivity index (χ3n) is 3.16. The van der Waals surface area contributed by atoms with E-state index in [0.717, 1.165) is 0 Å². The molecule has 2 rings (SSSR count). The zero-order valence-corrected chi connectivity index (χ0v) is 13.8. The fraction of sp³-hybridized carbons (Fsp3) is 0.438. The Morgan fingerprint density at radius 2 is 2.13 bits per heavy atom. The first-order chi connectivity index (χ1) is 11.0. The lowest BCUT2D eigenvalue weighted by Crippen LogP contribution is -2.12. The highest BCUT2D eigenvalue weighted by molar-refractivity contribution is 5.95. The van der Waals surface area contributed by atoms with E-state index in [0.29, 0.717) is 17.9 Å². The highest BCUT2D eigenvalue weighted by Crippen LogP contribution is 2.27. The molecule has 0 aliphatic heterocycles. The Balaban J connectivity index is 2.48. The number of hydrogen-bond acceptors (Lipinski definition) is 5. The zero-order chi connectivity index (χ0) is 17.0. The van der Waals surface area contributed by atoms with Crippen molar-refractivity contribution in [1.29, 1.82) is 0 Å². The lowest BCUT2D eigenvalue weighted by Gasteiger charge is -2.12. The van der Waals surface area contributed by atoms with Gasteiger partial charge in [-0.05, 0) is 27.7 Å². The smallest absolute Gasteiger partial charge is 0.342 e. The molecule has 0 aromatic carbocycles. The Labute approximate surface area is 134 Å². The summed E-state index contributed by atoms with van der Waals surface area (Å²) in [6.45, 7) is 8.21. The summed E-state index contributed by atoms with van der Waals surface area (Å²) in [4.78, 5) is 16.2. The average Bonchev–Trinajstić information content (AvgIpc) is 2.90. The number of hydrogen-bond donors (Lipinski definition) is 1. The van der Waals surface area contributed by atoms with Crippen LogP contribution < -0.4 is 5.32 Å². The number of aromatic nitrogens is 3. The molecule has 2 aromatic rings. The van der Waals surface area contributed by atoms with Gasteiger partial charge in [-0.2, -0.15) is 5.10 Å². The summed E-state index contributed by atoms with van der Waals surface area (Å²) in [7, 11) is 0. The molecule has 2 heterocycles. The van der Waals surface area contributed by atoms with Gasteiger partial charge >= 0.3 is 5.97 Å². The van der Waals surface area contributed by atoms with Crippen LogP contribution in [0.1, 0.15) is 38.1 Å². The summed E-state index contributed by atoms with van der Waals surface area (Å²) in [6, 6.07) is 1.53. The van der Waals surface area contributed by atoms with Gasteiger partial charge < -0.3 is 10.1 Å². The van der Waals surface area contributed by atoms with Crippen molar-refractivity contribution in [3.05, 3.63) is 29.8 Å². The molecular formula is C16H21FN4O2. The predicted octanol–water partition coefficient (Wildman–Crippen LogP) is 3.10. The van der Waals surface area contributed by atoms with Crippen LogP contribution in [0, 0.1) is 5.82 Å². The summed E-state index contributed by atoms with van der Waals surface area (Å²) in [5, 5.41) is 7.21. The number of carbonyl (C=O) groups excluding carboxylic acids is 1. The average molecular weight is 320 g/mol. The second kappa shape index (κ2) is 7.21. The first-order valence-corrected chi connectivity index (χ1v) is 7.63. The van der Waals surface area contributed by atoms with Crippen LogP contribution in [0.15, 0.2) is 18.5 Å². The Kier molecular flexibility index (Phi) is 5.31. The molecule has 0 bridgehead atoms. The number of aryl methyl sites for hydroxylation is 1. The molecule has 0 saturated heterocycles. The maximum absolute atomic E-state index is 14.5. The van der Waals surface area contributed by atoms with Crippen molar-refractivity contribution in [2.24, 2.45) is 0 Å². The molecule has 6 nitrogen and oxygen atoms in total. The van der Waals surface area contributed by atoms with Gasteiger partial charge in [0.1, 0.15) is 17.0 Å². The molecule has 0 spiro atoms. The topological polar surface area (TPSA) is 69.0 Å². The van der Waals surface area contributed by atoms with Crippen molar-refractivity contribution in [2.75, 3.05) is 11.9 Å². The molecule has 0 atom stereocenters. The van der Waals surface area contributed by atoms with Gasteiger partial charge in [0.25, 0.3) is 0 Å². The molecule has 124 valence electrons. The number of anilines is 1. The Bertz CT molecular complexity index is 697. The predicted molar refractivity (Wildman–Crippen MR) is 85.8 cm³/mol. The fourth-order valence-electron chi connectivity index (χ4n) is 2.26. The normalized spacial score (nSPS) is 10.9. The zero-order valence-electron chi connectivity index (χ0n) is 13.8. The standard InChI is InChI=1S/C16H21FN4O2/c1-5-21-15(12(9-19-21)16(22)23-6-2)14-13(17)7-11(8-18-14)20-10(3)4/h7-10,20H,5-6H2,1-4H3. The van der Waals surface area contributed by atoms with E-state index < -0.39 is 11.8 Å². The summed E-state index contributed by atoms with van der Waals surface area (Å²) in [5.41, 5.74) is 1.22. The Morgan fingerprint density at radius 1 is 1.39 bits per heavy atom. The van der Waals surface area contributed by atoms with Gasteiger partial charge in [0, 0.05) is 18.7 Å². The van der Waals surface area contributed by atoms with Gasteiger partial charge in [-0.15, -0.1) is 0 Å². The van der Waals surface area contributed by atoms with Gasteiger partial charge in [0.15, 0.2) is 5.82 Å². The maximum Gasteiger partial charge on any atom is 0.342 e. The van der Waals surface area contributed by atoms with E-state index in [1.165, 1.54) is 16.9 Å². The molecule has 0 fully saturated rings. The van der Waals surface area contributed by atoms with Crippen LogP contribution in [0.5, 0.6) is 0 Å². The highest BCUT2D eigenvalue weighted by Gasteiger charge is 2.23. The fourth-order valence-corrected chi connectivity index (χ4v) is 2.26. The molecule has 7 heteroatoms. The molecule has 0 aliphatic carbocycles. The second-order valence-corrected chi connectivity index (χ2v) is 5.30. The van der Waals surface area contributed by atoms with Crippen LogP contribution in [-0.2, 0) is 11.3 Å². The van der Waals surface area contributed by atoms with E-state index in [1.54, 1.807) is 13.1 Å². The van der Waals surface area contributed by atoms with Crippen molar-refractivity contribution < 1.29 is 13.9 Å². The number of pyridine rings is 1. The van der Waals surface area contributed by atoms with Gasteiger partial charge in [0.05, 0.1) is 24.7 Å². The minimum Gasteiger partial charge on any atom is -0.462 e. The minimum absolute atomic E-state index is 0.0849. The summed E-state index contributed by atoms with van der Waals surface area (Å²) in [6.07, 6.45) is 2.93. The quantitative estimate of drug-likeness (QED) is 0.828. The molecule has 2 aromatic heterocycles. The number of esters is 1. The molecule has 0 radical (unpaired) electrons. The van der Waals surface area contributed by atoms with Crippen LogP contribution in [0.3, 0.4) is 0 Å². The van der Waals surface area contributed by atoms with Crippen LogP contribution in [0.2, 0.25) is 0 Å². The first kappa shape index (κ1) is 16.9. The van der Waals surface area contributed by atoms with Crippen molar-refractivity contribution in [2.45, 2.75) is 40.3 Å². The van der Waals surface area contributed by atoms with Gasteiger partial charge in [0.2, 0.25) is 0 Å². The van der Waals surface area contributed by atoms with Crippen molar-refractivity contribution in [3.63, 3.8) is 0 Å². The van der Waals surface area contributed by atoms with Crippen molar-refractivity contribution >= 4 is 11.7 Å².